The molecule has 1 amide bonds. The summed E-state index contributed by atoms with van der Waals surface area (Å²) in [6, 6.07) is 16.4. The molecular formula is C23H18N6O4S. The predicted octanol–water partition coefficient (Wildman–Crippen LogP) is 4.11. The van der Waals surface area contributed by atoms with E-state index in [4.69, 9.17) is 10.5 Å². The number of nitro groups is 1. The van der Waals surface area contributed by atoms with E-state index in [1.165, 1.54) is 18.2 Å². The number of rotatable bonds is 8. The Morgan fingerprint density at radius 2 is 1.85 bits per heavy atom. The van der Waals surface area contributed by atoms with Crippen LogP contribution in [0.3, 0.4) is 0 Å². The van der Waals surface area contributed by atoms with E-state index in [0.29, 0.717) is 18.0 Å². The fourth-order valence-corrected chi connectivity index (χ4v) is 3.94. The number of thioether (sulfide) groups is 1. The second-order valence-electron chi connectivity index (χ2n) is 6.72. The number of hydrogen-bond donors (Lipinski definition) is 2. The normalized spacial score (nSPS) is 10.1. The summed E-state index contributed by atoms with van der Waals surface area (Å²) in [6.45, 7) is 2.40. The highest BCUT2D eigenvalue weighted by atomic mass is 32.2. The summed E-state index contributed by atoms with van der Waals surface area (Å²) in [5.41, 5.74) is 6.08. The zero-order valence-corrected chi connectivity index (χ0v) is 18.8. The summed E-state index contributed by atoms with van der Waals surface area (Å²) in [5, 5.41) is 33.8. The number of ether oxygens (including phenoxy) is 1. The number of para-hydroxylation sites is 1. The Morgan fingerprint density at radius 3 is 2.47 bits per heavy atom. The Hall–Kier alpha value is -4.61. The van der Waals surface area contributed by atoms with E-state index in [0.717, 1.165) is 11.8 Å². The van der Waals surface area contributed by atoms with Gasteiger partial charge in [-0.05, 0) is 37.3 Å². The van der Waals surface area contributed by atoms with Crippen molar-refractivity contribution in [3.8, 4) is 29.0 Å². The van der Waals surface area contributed by atoms with Crippen LogP contribution in [0.1, 0.15) is 18.1 Å². The zero-order valence-electron chi connectivity index (χ0n) is 17.9. The van der Waals surface area contributed by atoms with Crippen molar-refractivity contribution in [1.29, 1.82) is 10.5 Å². The van der Waals surface area contributed by atoms with Crippen LogP contribution in [0.5, 0.6) is 5.75 Å². The third kappa shape index (κ3) is 5.23. The third-order valence-electron chi connectivity index (χ3n) is 4.57. The molecule has 2 aromatic carbocycles. The fraction of sp³-hybridized carbons (Fsp3) is 0.130. The third-order valence-corrected chi connectivity index (χ3v) is 5.55. The van der Waals surface area contributed by atoms with Gasteiger partial charge in [-0.3, -0.25) is 14.9 Å². The average molecular weight is 475 g/mol. The number of pyridine rings is 1. The Bertz CT molecular complexity index is 1330. The molecule has 0 bridgehead atoms. The molecule has 10 nitrogen and oxygen atoms in total. The SMILES string of the molecule is CCOc1ccc(NC(=O)CSc2nc(N)c(C#N)c(-c3ccccc3[N+](=O)[O-])c2C#N)cc1. The van der Waals surface area contributed by atoms with Crippen molar-refractivity contribution >= 4 is 34.9 Å². The van der Waals surface area contributed by atoms with Gasteiger partial charge in [0.25, 0.3) is 5.69 Å². The van der Waals surface area contributed by atoms with E-state index in [9.17, 15) is 25.4 Å². The number of nitro benzene ring substituents is 1. The highest BCUT2D eigenvalue weighted by Crippen LogP contribution is 2.39. The van der Waals surface area contributed by atoms with Crippen molar-refractivity contribution in [2.45, 2.75) is 11.9 Å². The van der Waals surface area contributed by atoms with Gasteiger partial charge in [0.15, 0.2) is 0 Å². The fourth-order valence-electron chi connectivity index (χ4n) is 3.15. The smallest absolute Gasteiger partial charge is 0.277 e. The maximum absolute atomic E-state index is 12.5. The molecule has 0 saturated carbocycles. The van der Waals surface area contributed by atoms with Crippen molar-refractivity contribution in [3.63, 3.8) is 0 Å². The lowest BCUT2D eigenvalue weighted by molar-refractivity contribution is -0.384. The molecule has 3 aromatic rings. The minimum Gasteiger partial charge on any atom is -0.494 e. The molecule has 0 unspecified atom stereocenters. The number of nitrogen functional groups attached to an aromatic ring is 1. The molecule has 0 fully saturated rings. The summed E-state index contributed by atoms with van der Waals surface area (Å²) in [5.74, 6) is 0.00346. The minimum absolute atomic E-state index is 0.0132. The van der Waals surface area contributed by atoms with Crippen molar-refractivity contribution in [2.75, 3.05) is 23.4 Å². The van der Waals surface area contributed by atoms with Crippen LogP contribution in [0.2, 0.25) is 0 Å². The van der Waals surface area contributed by atoms with Gasteiger partial charge in [0.05, 0.1) is 28.4 Å². The second-order valence-corrected chi connectivity index (χ2v) is 7.68. The second kappa shape index (κ2) is 10.8. The molecule has 1 heterocycles. The number of benzene rings is 2. The van der Waals surface area contributed by atoms with E-state index in [2.05, 4.69) is 10.3 Å². The van der Waals surface area contributed by atoms with Crippen LogP contribution >= 0.6 is 11.8 Å². The monoisotopic (exact) mass is 474 g/mol. The molecule has 3 rings (SSSR count). The summed E-state index contributed by atoms with van der Waals surface area (Å²) >= 11 is 0.937. The lowest BCUT2D eigenvalue weighted by atomic mass is 9.95. The molecule has 0 aliphatic rings. The number of nitrogens with one attached hydrogen (secondary N) is 1. The van der Waals surface area contributed by atoms with Crippen LogP contribution in [0.15, 0.2) is 53.6 Å². The maximum Gasteiger partial charge on any atom is 0.277 e. The Labute approximate surface area is 199 Å². The number of nitriles is 2. The first kappa shape index (κ1) is 24.0. The molecule has 0 radical (unpaired) electrons. The average Bonchev–Trinajstić information content (AvgIpc) is 2.83. The number of carbonyl (C=O) groups excluding carboxylic acids is 1. The van der Waals surface area contributed by atoms with Gasteiger partial charge in [-0.1, -0.05) is 23.9 Å². The topological polar surface area (TPSA) is 168 Å². The molecule has 0 spiro atoms. The first-order chi connectivity index (χ1) is 16.4. The molecule has 34 heavy (non-hydrogen) atoms. The highest BCUT2D eigenvalue weighted by Gasteiger charge is 2.26. The number of carbonyl (C=O) groups is 1. The lowest BCUT2D eigenvalue weighted by Gasteiger charge is -2.13. The van der Waals surface area contributed by atoms with Gasteiger partial charge in [-0.25, -0.2) is 4.98 Å². The molecule has 170 valence electrons. The van der Waals surface area contributed by atoms with Crippen LogP contribution in [0, 0.1) is 32.8 Å². The Balaban J connectivity index is 1.91. The molecule has 11 heteroatoms. The van der Waals surface area contributed by atoms with Crippen molar-refractivity contribution in [1.82, 2.24) is 4.98 Å². The van der Waals surface area contributed by atoms with Gasteiger partial charge in [-0.15, -0.1) is 0 Å². The molecule has 1 aromatic heterocycles. The molecule has 0 aliphatic carbocycles. The number of hydrogen-bond acceptors (Lipinski definition) is 9. The quantitative estimate of drug-likeness (QED) is 0.277. The summed E-state index contributed by atoms with van der Waals surface area (Å²) in [4.78, 5) is 27.5. The number of nitrogens with two attached hydrogens (primary N) is 1. The number of amides is 1. The minimum atomic E-state index is -0.606. The maximum atomic E-state index is 12.5. The van der Waals surface area contributed by atoms with E-state index < -0.39 is 4.92 Å². The standard InChI is InChI=1S/C23H18N6O4S/c1-2-33-15-9-7-14(8-10-15)27-20(30)13-34-23-18(12-25)21(17(11-24)22(26)28-23)16-5-3-4-6-19(16)29(31)32/h3-10H,2,13H2,1H3,(H2,26,28)(H,27,30). The lowest BCUT2D eigenvalue weighted by Crippen LogP contribution is -2.14. The van der Waals surface area contributed by atoms with E-state index in [1.54, 1.807) is 30.3 Å². The molecular weight excluding hydrogens is 456 g/mol. The van der Waals surface area contributed by atoms with Crippen LogP contribution in [-0.4, -0.2) is 28.2 Å². The van der Waals surface area contributed by atoms with Crippen molar-refractivity contribution in [3.05, 3.63) is 69.8 Å². The molecule has 3 N–H and O–H groups in total. The van der Waals surface area contributed by atoms with Crippen LogP contribution < -0.4 is 15.8 Å². The summed E-state index contributed by atoms with van der Waals surface area (Å²) in [6.07, 6.45) is 0. The van der Waals surface area contributed by atoms with Gasteiger partial charge >= 0.3 is 0 Å². The zero-order chi connectivity index (χ0) is 24.7. The van der Waals surface area contributed by atoms with Crippen LogP contribution in [-0.2, 0) is 4.79 Å². The first-order valence-electron chi connectivity index (χ1n) is 9.92. The molecule has 0 saturated heterocycles. The number of aromatic nitrogens is 1. The van der Waals surface area contributed by atoms with Crippen molar-refractivity contribution < 1.29 is 14.5 Å². The summed E-state index contributed by atoms with van der Waals surface area (Å²) < 4.78 is 5.36. The van der Waals surface area contributed by atoms with Crippen LogP contribution in [0.4, 0.5) is 17.2 Å². The van der Waals surface area contributed by atoms with Gasteiger partial charge in [0.2, 0.25) is 5.91 Å². The van der Waals surface area contributed by atoms with Gasteiger partial charge < -0.3 is 15.8 Å². The van der Waals surface area contributed by atoms with E-state index >= 15 is 0 Å². The molecule has 0 aliphatic heterocycles. The van der Waals surface area contributed by atoms with Gasteiger partial charge in [0, 0.05) is 17.3 Å². The van der Waals surface area contributed by atoms with E-state index in [1.807, 2.05) is 19.1 Å². The first-order valence-corrected chi connectivity index (χ1v) is 10.9. The Morgan fingerprint density at radius 1 is 1.18 bits per heavy atom. The molecule has 0 atom stereocenters. The van der Waals surface area contributed by atoms with Gasteiger partial charge in [0.1, 0.15) is 34.3 Å². The van der Waals surface area contributed by atoms with Crippen LogP contribution in [0.25, 0.3) is 11.1 Å². The van der Waals surface area contributed by atoms with Crippen molar-refractivity contribution in [2.24, 2.45) is 0 Å². The number of nitrogens with zero attached hydrogens (tertiary/aromatic N) is 4. The number of anilines is 2. The largest absolute Gasteiger partial charge is 0.494 e. The van der Waals surface area contributed by atoms with Gasteiger partial charge in [-0.2, -0.15) is 10.5 Å². The highest BCUT2D eigenvalue weighted by molar-refractivity contribution is 8.00. The Kier molecular flexibility index (Phi) is 7.64. The summed E-state index contributed by atoms with van der Waals surface area (Å²) in [7, 11) is 0. The predicted molar refractivity (Wildman–Crippen MR) is 127 cm³/mol. The van der Waals surface area contributed by atoms with E-state index in [-0.39, 0.29) is 50.4 Å².